The van der Waals surface area contributed by atoms with Crippen LogP contribution in [0.5, 0.6) is 0 Å². The first kappa shape index (κ1) is 15.5. The van der Waals surface area contributed by atoms with Crippen molar-refractivity contribution < 1.29 is 9.53 Å². The Morgan fingerprint density at radius 1 is 1.30 bits per heavy atom. The van der Waals surface area contributed by atoms with E-state index in [4.69, 9.17) is 16.3 Å². The molecule has 0 aliphatic rings. The van der Waals surface area contributed by atoms with Crippen molar-refractivity contribution in [1.29, 1.82) is 0 Å². The number of carbonyl (C=O) groups is 1. The van der Waals surface area contributed by atoms with Gasteiger partial charge >= 0.3 is 5.97 Å². The first-order valence-electron chi connectivity index (χ1n) is 7.25. The fourth-order valence-corrected chi connectivity index (χ4v) is 2.83. The number of rotatable bonds is 3. The summed E-state index contributed by atoms with van der Waals surface area (Å²) in [4.78, 5) is 20.6. The van der Waals surface area contributed by atoms with Gasteiger partial charge in [-0.15, -0.1) is 0 Å². The molecule has 118 valence electrons. The first-order chi connectivity index (χ1) is 11.0. The number of para-hydroxylation sites is 1. The molecule has 2 aromatic heterocycles. The highest BCUT2D eigenvalue weighted by Crippen LogP contribution is 2.37. The molecule has 2 heterocycles. The van der Waals surface area contributed by atoms with E-state index in [1.165, 1.54) is 12.5 Å². The predicted molar refractivity (Wildman–Crippen MR) is 89.5 cm³/mol. The summed E-state index contributed by atoms with van der Waals surface area (Å²) < 4.78 is 7.16. The Bertz CT molecular complexity index is 887. The van der Waals surface area contributed by atoms with Crippen LogP contribution in [0.25, 0.3) is 22.2 Å². The Labute approximate surface area is 138 Å². The van der Waals surface area contributed by atoms with Gasteiger partial charge in [-0.05, 0) is 19.9 Å². The minimum Gasteiger partial charge on any atom is -0.459 e. The summed E-state index contributed by atoms with van der Waals surface area (Å²) in [5, 5.41) is 1.45. The number of benzene rings is 1. The van der Waals surface area contributed by atoms with Crippen LogP contribution in [0.2, 0.25) is 5.15 Å². The molecule has 1 aromatic carbocycles. The van der Waals surface area contributed by atoms with Crippen LogP contribution in [0.1, 0.15) is 24.2 Å². The van der Waals surface area contributed by atoms with Crippen molar-refractivity contribution in [1.82, 2.24) is 14.5 Å². The summed E-state index contributed by atoms with van der Waals surface area (Å²) in [5.41, 5.74) is 2.46. The van der Waals surface area contributed by atoms with Gasteiger partial charge < -0.3 is 9.30 Å². The zero-order valence-corrected chi connectivity index (χ0v) is 13.8. The number of fused-ring (bicyclic) bond motifs is 1. The highest BCUT2D eigenvalue weighted by Gasteiger charge is 2.23. The van der Waals surface area contributed by atoms with E-state index in [9.17, 15) is 4.79 Å². The molecule has 0 unspecified atom stereocenters. The molecule has 0 N–H and O–H groups in total. The minimum absolute atomic E-state index is 0.224. The maximum atomic E-state index is 12.4. The summed E-state index contributed by atoms with van der Waals surface area (Å²) in [6.07, 6.45) is 2.64. The quantitative estimate of drug-likeness (QED) is 0.685. The van der Waals surface area contributed by atoms with Crippen LogP contribution < -0.4 is 0 Å². The van der Waals surface area contributed by atoms with Gasteiger partial charge in [-0.3, -0.25) is 0 Å². The lowest BCUT2D eigenvalue weighted by atomic mass is 10.1. The van der Waals surface area contributed by atoms with Gasteiger partial charge in [-0.1, -0.05) is 29.8 Å². The van der Waals surface area contributed by atoms with E-state index in [1.807, 2.05) is 35.9 Å². The molecule has 0 radical (unpaired) electrons. The van der Waals surface area contributed by atoms with Crippen molar-refractivity contribution in [2.45, 2.75) is 20.0 Å². The van der Waals surface area contributed by atoms with Crippen LogP contribution in [0.4, 0.5) is 0 Å². The summed E-state index contributed by atoms with van der Waals surface area (Å²) in [7, 11) is 1.88. The monoisotopic (exact) mass is 329 g/mol. The van der Waals surface area contributed by atoms with Crippen molar-refractivity contribution >= 4 is 28.5 Å². The number of nitrogens with zero attached hydrogens (tertiary/aromatic N) is 3. The van der Waals surface area contributed by atoms with E-state index in [0.29, 0.717) is 22.0 Å². The van der Waals surface area contributed by atoms with E-state index < -0.39 is 5.97 Å². The van der Waals surface area contributed by atoms with Crippen LogP contribution >= 0.6 is 11.6 Å². The number of hydrogen-bond acceptors (Lipinski definition) is 4. The third-order valence-corrected chi connectivity index (χ3v) is 3.99. The molecule has 0 atom stereocenters. The summed E-state index contributed by atoms with van der Waals surface area (Å²) in [6.45, 7) is 3.60. The molecule has 0 saturated carbocycles. The number of aromatic nitrogens is 3. The second-order valence-corrected chi connectivity index (χ2v) is 5.84. The molecule has 6 heteroatoms. The van der Waals surface area contributed by atoms with Crippen molar-refractivity contribution in [2.75, 3.05) is 0 Å². The van der Waals surface area contributed by atoms with Crippen molar-refractivity contribution in [3.63, 3.8) is 0 Å². The average molecular weight is 330 g/mol. The Morgan fingerprint density at radius 3 is 2.78 bits per heavy atom. The first-order valence-corrected chi connectivity index (χ1v) is 7.62. The Balaban J connectivity index is 2.25. The van der Waals surface area contributed by atoms with E-state index in [-0.39, 0.29) is 6.10 Å². The molecular weight excluding hydrogens is 314 g/mol. The summed E-state index contributed by atoms with van der Waals surface area (Å²) in [5.74, 6) is -0.459. The molecule has 0 spiro atoms. The van der Waals surface area contributed by atoms with Crippen LogP contribution in [-0.2, 0) is 11.8 Å². The Hall–Kier alpha value is -2.40. The lowest BCUT2D eigenvalue weighted by molar-refractivity contribution is 0.0378. The van der Waals surface area contributed by atoms with Crippen molar-refractivity contribution in [2.24, 2.45) is 7.05 Å². The SMILES string of the molecule is CC(C)OC(=O)c1cncnc1-c1c(Cl)n(C)c2ccccc12. The number of carbonyl (C=O) groups excluding carboxylic acids is 1. The van der Waals surface area contributed by atoms with Crippen LogP contribution in [-0.4, -0.2) is 26.6 Å². The Kier molecular flexibility index (Phi) is 4.05. The van der Waals surface area contributed by atoms with E-state index >= 15 is 0 Å². The molecule has 0 bridgehead atoms. The molecule has 23 heavy (non-hydrogen) atoms. The largest absolute Gasteiger partial charge is 0.459 e. The molecule has 0 fully saturated rings. The number of ether oxygens (including phenoxy) is 1. The third-order valence-electron chi connectivity index (χ3n) is 3.55. The van der Waals surface area contributed by atoms with Gasteiger partial charge in [0.05, 0.1) is 11.8 Å². The normalized spacial score (nSPS) is 11.2. The smallest absolute Gasteiger partial charge is 0.342 e. The molecule has 3 aromatic rings. The average Bonchev–Trinajstić information content (AvgIpc) is 2.79. The van der Waals surface area contributed by atoms with Gasteiger partial charge in [0.15, 0.2) is 0 Å². The summed E-state index contributed by atoms with van der Waals surface area (Å²) >= 11 is 6.50. The molecule has 5 nitrogen and oxygen atoms in total. The Morgan fingerprint density at radius 2 is 2.04 bits per heavy atom. The zero-order chi connectivity index (χ0) is 16.6. The molecule has 0 aliphatic carbocycles. The second-order valence-electron chi connectivity index (χ2n) is 5.48. The van der Waals surface area contributed by atoms with Gasteiger partial charge in [0.2, 0.25) is 0 Å². The van der Waals surface area contributed by atoms with Crippen LogP contribution in [0.3, 0.4) is 0 Å². The van der Waals surface area contributed by atoms with Crippen molar-refractivity contribution in [3.05, 3.63) is 47.5 Å². The van der Waals surface area contributed by atoms with E-state index in [0.717, 1.165) is 10.9 Å². The third kappa shape index (κ3) is 2.68. The van der Waals surface area contributed by atoms with Gasteiger partial charge in [0.1, 0.15) is 17.0 Å². The lowest BCUT2D eigenvalue weighted by Crippen LogP contribution is -2.13. The fraction of sp³-hybridized carbons (Fsp3) is 0.235. The lowest BCUT2D eigenvalue weighted by Gasteiger charge is -2.10. The standard InChI is InChI=1S/C17H16ClN3O2/c1-10(2)23-17(22)12-8-19-9-20-15(12)14-11-6-4-5-7-13(11)21(3)16(14)18/h4-10H,1-3H3. The van der Waals surface area contributed by atoms with Crippen LogP contribution in [0, 0.1) is 0 Å². The van der Waals surface area contributed by atoms with Crippen molar-refractivity contribution in [3.8, 4) is 11.3 Å². The topological polar surface area (TPSA) is 57.0 Å². The second kappa shape index (κ2) is 6.01. The van der Waals surface area contributed by atoms with E-state index in [2.05, 4.69) is 9.97 Å². The number of hydrogen-bond donors (Lipinski definition) is 0. The maximum absolute atomic E-state index is 12.4. The number of aryl methyl sites for hydroxylation is 1. The van der Waals surface area contributed by atoms with Gasteiger partial charge in [-0.25, -0.2) is 14.8 Å². The predicted octanol–water partition coefficient (Wildman–Crippen LogP) is 3.85. The fourth-order valence-electron chi connectivity index (χ4n) is 2.54. The van der Waals surface area contributed by atoms with Gasteiger partial charge in [-0.2, -0.15) is 0 Å². The number of halogens is 1. The molecule has 0 saturated heterocycles. The maximum Gasteiger partial charge on any atom is 0.342 e. The highest BCUT2D eigenvalue weighted by molar-refractivity contribution is 6.35. The van der Waals surface area contributed by atoms with Gasteiger partial charge in [0, 0.05) is 29.7 Å². The number of esters is 1. The minimum atomic E-state index is -0.459. The molecular formula is C17H16ClN3O2. The van der Waals surface area contributed by atoms with Crippen LogP contribution in [0.15, 0.2) is 36.8 Å². The molecule has 3 rings (SSSR count). The zero-order valence-electron chi connectivity index (χ0n) is 13.1. The highest BCUT2D eigenvalue weighted by atomic mass is 35.5. The molecule has 0 amide bonds. The summed E-state index contributed by atoms with van der Waals surface area (Å²) in [6, 6.07) is 7.79. The molecule has 0 aliphatic heterocycles. The van der Waals surface area contributed by atoms with Gasteiger partial charge in [0.25, 0.3) is 0 Å². The van der Waals surface area contributed by atoms with E-state index in [1.54, 1.807) is 13.8 Å².